The number of nitrogens with zero attached hydrogens (tertiary/aromatic N) is 4. The van der Waals surface area contributed by atoms with E-state index in [1.54, 1.807) is 24.7 Å². The minimum Gasteiger partial charge on any atom is -0.310 e. The lowest BCUT2D eigenvalue weighted by Gasteiger charge is -2.17. The average Bonchev–Trinajstić information content (AvgIpc) is 2.79. The van der Waals surface area contributed by atoms with Crippen LogP contribution in [0.2, 0.25) is 0 Å². The summed E-state index contributed by atoms with van der Waals surface area (Å²) in [7, 11) is 1.78. The van der Waals surface area contributed by atoms with Crippen LogP contribution in [0, 0.1) is 12.7 Å². The smallest absolute Gasteiger partial charge is 0.213 e. The van der Waals surface area contributed by atoms with Crippen LogP contribution < -0.4 is 5.32 Å². The Morgan fingerprint density at radius 2 is 2.20 bits per heavy atom. The third-order valence-corrected chi connectivity index (χ3v) is 4.15. The zero-order chi connectivity index (χ0) is 14.7. The van der Waals surface area contributed by atoms with E-state index in [0.717, 1.165) is 17.0 Å². The van der Waals surface area contributed by atoms with Crippen molar-refractivity contribution in [1.29, 1.82) is 0 Å². The van der Waals surface area contributed by atoms with Gasteiger partial charge in [-0.25, -0.2) is 9.07 Å². The molecule has 108 valence electrons. The molecular formula is C13H18FN5S. The molecule has 20 heavy (non-hydrogen) atoms. The Hall–Kier alpha value is -1.47. The first kappa shape index (κ1) is 14.9. The fourth-order valence-electron chi connectivity index (χ4n) is 1.92. The lowest BCUT2D eigenvalue weighted by atomic mass is 10.1. The lowest BCUT2D eigenvalue weighted by molar-refractivity contribution is 0.570. The number of benzene rings is 1. The molecule has 0 radical (unpaired) electrons. The van der Waals surface area contributed by atoms with Crippen molar-refractivity contribution in [2.24, 2.45) is 7.05 Å². The molecular weight excluding hydrogens is 277 g/mol. The second-order valence-electron chi connectivity index (χ2n) is 4.61. The van der Waals surface area contributed by atoms with Crippen LogP contribution in [0.4, 0.5) is 4.39 Å². The Labute approximate surface area is 122 Å². The van der Waals surface area contributed by atoms with Crippen molar-refractivity contribution in [3.05, 3.63) is 29.1 Å². The molecule has 0 saturated carbocycles. The van der Waals surface area contributed by atoms with Crippen molar-refractivity contribution >= 4 is 11.8 Å². The minimum atomic E-state index is -0.190. The second kappa shape index (κ2) is 6.32. The van der Waals surface area contributed by atoms with E-state index in [-0.39, 0.29) is 11.9 Å². The largest absolute Gasteiger partial charge is 0.310 e. The Morgan fingerprint density at radius 1 is 1.45 bits per heavy atom. The van der Waals surface area contributed by atoms with Crippen molar-refractivity contribution in [2.45, 2.75) is 36.9 Å². The molecule has 7 heteroatoms. The summed E-state index contributed by atoms with van der Waals surface area (Å²) >= 11 is 1.44. The number of aryl methyl sites for hydroxylation is 2. The molecule has 0 bridgehead atoms. The maximum atomic E-state index is 13.8. The SMILES string of the molecule is CCNC(C)c1cc(F)c(C)cc1Sc1nnnn1C. The predicted octanol–water partition coefficient (Wildman–Crippen LogP) is 2.48. The van der Waals surface area contributed by atoms with Gasteiger partial charge in [-0.2, -0.15) is 0 Å². The molecule has 1 heterocycles. The number of rotatable bonds is 5. The van der Waals surface area contributed by atoms with Crippen LogP contribution in [0.5, 0.6) is 0 Å². The Kier molecular flexibility index (Phi) is 4.72. The summed E-state index contributed by atoms with van der Waals surface area (Å²) in [6, 6.07) is 3.51. The van der Waals surface area contributed by atoms with E-state index in [0.29, 0.717) is 10.7 Å². The zero-order valence-electron chi connectivity index (χ0n) is 12.0. The fraction of sp³-hybridized carbons (Fsp3) is 0.462. The van der Waals surface area contributed by atoms with Crippen LogP contribution in [-0.2, 0) is 7.05 Å². The Bertz CT molecular complexity index is 598. The van der Waals surface area contributed by atoms with Gasteiger partial charge in [-0.05, 0) is 65.8 Å². The van der Waals surface area contributed by atoms with Crippen molar-refractivity contribution in [3.63, 3.8) is 0 Å². The number of tetrazole rings is 1. The van der Waals surface area contributed by atoms with Gasteiger partial charge in [0.2, 0.25) is 5.16 Å². The van der Waals surface area contributed by atoms with Crippen molar-refractivity contribution < 1.29 is 4.39 Å². The predicted molar refractivity (Wildman–Crippen MR) is 76.1 cm³/mol. The van der Waals surface area contributed by atoms with E-state index in [1.807, 2.05) is 19.9 Å². The molecule has 0 aliphatic rings. The third kappa shape index (κ3) is 3.16. The number of hydrogen-bond acceptors (Lipinski definition) is 5. The van der Waals surface area contributed by atoms with Crippen LogP contribution >= 0.6 is 11.8 Å². The lowest BCUT2D eigenvalue weighted by Crippen LogP contribution is -2.18. The molecule has 0 aliphatic carbocycles. The topological polar surface area (TPSA) is 55.6 Å². The molecule has 0 spiro atoms. The van der Waals surface area contributed by atoms with Gasteiger partial charge in [-0.3, -0.25) is 0 Å². The molecule has 1 N–H and O–H groups in total. The monoisotopic (exact) mass is 295 g/mol. The summed E-state index contributed by atoms with van der Waals surface area (Å²) in [6.45, 7) is 6.63. The molecule has 1 aromatic heterocycles. The van der Waals surface area contributed by atoms with Gasteiger partial charge in [0, 0.05) is 18.0 Å². The van der Waals surface area contributed by atoms with Gasteiger partial charge in [0.15, 0.2) is 0 Å². The number of hydrogen-bond donors (Lipinski definition) is 1. The first-order chi connectivity index (χ1) is 9.52. The van der Waals surface area contributed by atoms with Crippen LogP contribution in [0.1, 0.15) is 31.0 Å². The quantitative estimate of drug-likeness (QED) is 0.918. The minimum absolute atomic E-state index is 0.0683. The standard InChI is InChI=1S/C13H18FN5S/c1-5-15-9(3)10-7-11(14)8(2)6-12(10)20-13-16-17-18-19(13)4/h6-7,9,15H,5H2,1-4H3. The molecule has 1 atom stereocenters. The number of nitrogens with one attached hydrogen (secondary N) is 1. The Morgan fingerprint density at radius 3 is 2.80 bits per heavy atom. The van der Waals surface area contributed by atoms with Gasteiger partial charge in [0.1, 0.15) is 5.82 Å². The molecule has 0 fully saturated rings. The van der Waals surface area contributed by atoms with E-state index in [2.05, 4.69) is 20.8 Å². The van der Waals surface area contributed by atoms with E-state index >= 15 is 0 Å². The van der Waals surface area contributed by atoms with Gasteiger partial charge in [-0.1, -0.05) is 6.92 Å². The molecule has 1 unspecified atom stereocenters. The first-order valence-corrected chi connectivity index (χ1v) is 7.28. The van der Waals surface area contributed by atoms with Crippen LogP contribution in [0.25, 0.3) is 0 Å². The van der Waals surface area contributed by atoms with Crippen molar-refractivity contribution in [1.82, 2.24) is 25.5 Å². The third-order valence-electron chi connectivity index (χ3n) is 3.05. The molecule has 5 nitrogen and oxygen atoms in total. The molecule has 2 aromatic rings. The van der Waals surface area contributed by atoms with Crippen LogP contribution in [-0.4, -0.2) is 26.8 Å². The van der Waals surface area contributed by atoms with E-state index < -0.39 is 0 Å². The maximum absolute atomic E-state index is 13.8. The first-order valence-electron chi connectivity index (χ1n) is 6.46. The normalized spacial score (nSPS) is 12.7. The maximum Gasteiger partial charge on any atom is 0.213 e. The fourth-order valence-corrected chi connectivity index (χ4v) is 2.95. The molecule has 2 rings (SSSR count). The van der Waals surface area contributed by atoms with Gasteiger partial charge in [-0.15, -0.1) is 5.10 Å². The summed E-state index contributed by atoms with van der Waals surface area (Å²) in [5.41, 5.74) is 1.54. The summed E-state index contributed by atoms with van der Waals surface area (Å²) in [5.74, 6) is -0.190. The van der Waals surface area contributed by atoms with Crippen molar-refractivity contribution in [3.8, 4) is 0 Å². The number of halogens is 1. The van der Waals surface area contributed by atoms with E-state index in [1.165, 1.54) is 11.8 Å². The van der Waals surface area contributed by atoms with Gasteiger partial charge in [0.25, 0.3) is 0 Å². The van der Waals surface area contributed by atoms with Gasteiger partial charge >= 0.3 is 0 Å². The highest BCUT2D eigenvalue weighted by atomic mass is 32.2. The summed E-state index contributed by atoms with van der Waals surface area (Å²) in [6.07, 6.45) is 0. The summed E-state index contributed by atoms with van der Waals surface area (Å²) in [4.78, 5) is 0.968. The molecule has 0 amide bonds. The number of aromatic nitrogens is 4. The van der Waals surface area contributed by atoms with E-state index in [4.69, 9.17) is 0 Å². The Balaban J connectivity index is 2.39. The van der Waals surface area contributed by atoms with Crippen LogP contribution in [0.15, 0.2) is 22.2 Å². The highest BCUT2D eigenvalue weighted by Crippen LogP contribution is 2.33. The van der Waals surface area contributed by atoms with Gasteiger partial charge < -0.3 is 5.32 Å². The molecule has 1 aromatic carbocycles. The highest BCUT2D eigenvalue weighted by Gasteiger charge is 2.16. The van der Waals surface area contributed by atoms with Crippen LogP contribution in [0.3, 0.4) is 0 Å². The summed E-state index contributed by atoms with van der Waals surface area (Å²) in [5, 5.41) is 15.4. The molecule has 0 aliphatic heterocycles. The zero-order valence-corrected chi connectivity index (χ0v) is 12.8. The second-order valence-corrected chi connectivity index (χ2v) is 5.61. The molecule has 0 saturated heterocycles. The average molecular weight is 295 g/mol. The van der Waals surface area contributed by atoms with E-state index in [9.17, 15) is 4.39 Å². The van der Waals surface area contributed by atoms with Crippen molar-refractivity contribution in [2.75, 3.05) is 6.54 Å². The highest BCUT2D eigenvalue weighted by molar-refractivity contribution is 7.99. The summed E-state index contributed by atoms with van der Waals surface area (Å²) < 4.78 is 15.4. The van der Waals surface area contributed by atoms with Gasteiger partial charge in [0.05, 0.1) is 0 Å².